The Balaban J connectivity index is 3.06. The molecule has 0 aromatic heterocycles. The Morgan fingerprint density at radius 3 is 2.53 bits per heavy atom. The maximum Gasteiger partial charge on any atom is 0.421 e. The van der Waals surface area contributed by atoms with Crippen molar-refractivity contribution in [2.24, 2.45) is 0 Å². The molecule has 1 aromatic carbocycles. The van der Waals surface area contributed by atoms with E-state index in [1.165, 1.54) is 11.6 Å². The van der Waals surface area contributed by atoms with Crippen molar-refractivity contribution in [2.75, 3.05) is 6.61 Å². The molecule has 0 bridgehead atoms. The summed E-state index contributed by atoms with van der Waals surface area (Å²) >= 11 is 0. The molecule has 1 N–H and O–H groups in total. The van der Waals surface area contributed by atoms with Crippen LogP contribution in [-0.2, 0) is 20.9 Å². The van der Waals surface area contributed by atoms with E-state index in [0.29, 0.717) is 6.07 Å². The zero-order valence-electron chi connectivity index (χ0n) is 9.69. The minimum Gasteiger partial charge on any atom is -0.449 e. The van der Waals surface area contributed by atoms with Crippen LogP contribution in [0.15, 0.2) is 29.2 Å². The fourth-order valence-electron chi connectivity index (χ4n) is 1.17. The molecule has 0 saturated heterocycles. The van der Waals surface area contributed by atoms with Crippen LogP contribution in [0, 0.1) is 0 Å². The van der Waals surface area contributed by atoms with Crippen LogP contribution in [0.3, 0.4) is 0 Å². The molecule has 0 aliphatic carbocycles. The monoisotopic (exact) mass is 297 g/mol. The van der Waals surface area contributed by atoms with Gasteiger partial charge in [0.25, 0.3) is 10.0 Å². The molecular weight excluding hydrogens is 287 g/mol. The summed E-state index contributed by atoms with van der Waals surface area (Å²) in [6, 6.07) is 3.03. The molecule has 0 aliphatic heterocycles. The van der Waals surface area contributed by atoms with E-state index < -0.39 is 32.8 Å². The first-order valence-corrected chi connectivity index (χ1v) is 6.52. The predicted molar refractivity (Wildman–Crippen MR) is 58.8 cm³/mol. The zero-order chi connectivity index (χ0) is 14.7. The van der Waals surface area contributed by atoms with Gasteiger partial charge in [0.2, 0.25) is 0 Å². The molecule has 0 atom stereocenters. The number of halogens is 3. The van der Waals surface area contributed by atoms with Crippen LogP contribution in [0.2, 0.25) is 0 Å². The van der Waals surface area contributed by atoms with Gasteiger partial charge in [-0.2, -0.15) is 13.2 Å². The van der Waals surface area contributed by atoms with Crippen LogP contribution in [0.25, 0.3) is 0 Å². The fraction of sp³-hybridized carbons (Fsp3) is 0.300. The number of benzene rings is 1. The first-order valence-electron chi connectivity index (χ1n) is 5.03. The van der Waals surface area contributed by atoms with Crippen molar-refractivity contribution in [3.63, 3.8) is 0 Å². The molecule has 0 fully saturated rings. The molecule has 0 spiro atoms. The number of nitrogens with one attached hydrogen (secondary N) is 1. The minimum absolute atomic E-state index is 0.0655. The number of hydrogen-bond acceptors (Lipinski definition) is 4. The Kier molecular flexibility index (Phi) is 4.40. The number of sulfonamides is 1. The lowest BCUT2D eigenvalue weighted by Gasteiger charge is -2.10. The number of carbonyl (C=O) groups excluding carboxylic acids is 1. The summed E-state index contributed by atoms with van der Waals surface area (Å²) in [7, 11) is -4.39. The summed E-state index contributed by atoms with van der Waals surface area (Å²) in [4.78, 5) is 10.3. The van der Waals surface area contributed by atoms with Crippen molar-refractivity contribution in [3.8, 4) is 0 Å². The Bertz CT molecular complexity index is 568. The zero-order valence-corrected chi connectivity index (χ0v) is 10.5. The first kappa shape index (κ1) is 15.3. The van der Waals surface area contributed by atoms with E-state index in [1.54, 1.807) is 0 Å². The quantitative estimate of drug-likeness (QED) is 0.927. The Morgan fingerprint density at radius 2 is 2.00 bits per heavy atom. The van der Waals surface area contributed by atoms with Gasteiger partial charge in [-0.1, -0.05) is 6.07 Å². The Morgan fingerprint density at radius 1 is 1.37 bits per heavy atom. The van der Waals surface area contributed by atoms with Gasteiger partial charge in [0.1, 0.15) is 0 Å². The number of rotatable bonds is 3. The highest BCUT2D eigenvalue weighted by Crippen LogP contribution is 2.30. The molecule has 0 unspecified atom stereocenters. The standard InChI is InChI=1S/C10H10F3NO4S/c1-2-18-9(15)14-19(16,17)8-5-3-4-7(6-8)10(11,12)13/h3-6H,2H2,1H3,(H,14,15). The lowest BCUT2D eigenvalue weighted by molar-refractivity contribution is -0.137. The number of alkyl halides is 3. The molecule has 1 rings (SSSR count). The molecule has 0 radical (unpaired) electrons. The highest BCUT2D eigenvalue weighted by Gasteiger charge is 2.32. The third-order valence-corrected chi connectivity index (χ3v) is 3.27. The summed E-state index contributed by atoms with van der Waals surface area (Å²) in [5.74, 6) is 0. The van der Waals surface area contributed by atoms with Crippen molar-refractivity contribution in [2.45, 2.75) is 18.0 Å². The third-order valence-electron chi connectivity index (χ3n) is 1.96. The molecule has 1 amide bonds. The van der Waals surface area contributed by atoms with Gasteiger partial charge in [0, 0.05) is 0 Å². The van der Waals surface area contributed by atoms with Crippen LogP contribution in [0.1, 0.15) is 12.5 Å². The van der Waals surface area contributed by atoms with Crippen molar-refractivity contribution in [3.05, 3.63) is 29.8 Å². The van der Waals surface area contributed by atoms with E-state index in [0.717, 1.165) is 18.2 Å². The number of amides is 1. The van der Waals surface area contributed by atoms with E-state index in [-0.39, 0.29) is 6.61 Å². The number of ether oxygens (including phenoxy) is 1. The highest BCUT2D eigenvalue weighted by atomic mass is 32.2. The summed E-state index contributed by atoms with van der Waals surface area (Å²) in [5.41, 5.74) is -1.13. The molecule has 5 nitrogen and oxygen atoms in total. The van der Waals surface area contributed by atoms with Gasteiger partial charge >= 0.3 is 12.3 Å². The smallest absolute Gasteiger partial charge is 0.421 e. The van der Waals surface area contributed by atoms with Gasteiger partial charge in [-0.3, -0.25) is 0 Å². The number of hydrogen-bond donors (Lipinski definition) is 1. The van der Waals surface area contributed by atoms with Crippen LogP contribution >= 0.6 is 0 Å². The fourth-order valence-corrected chi connectivity index (χ4v) is 2.10. The van der Waals surface area contributed by atoms with Crippen LogP contribution in [-0.4, -0.2) is 21.1 Å². The second-order valence-corrected chi connectivity index (χ2v) is 5.03. The van der Waals surface area contributed by atoms with Crippen LogP contribution in [0.4, 0.5) is 18.0 Å². The second kappa shape index (κ2) is 5.47. The summed E-state index contributed by atoms with van der Waals surface area (Å²) in [6.45, 7) is 1.39. The van der Waals surface area contributed by atoms with Gasteiger partial charge in [0.05, 0.1) is 17.1 Å². The van der Waals surface area contributed by atoms with Gasteiger partial charge in [0.15, 0.2) is 0 Å². The molecule has 0 aliphatic rings. The maximum atomic E-state index is 12.4. The van der Waals surface area contributed by atoms with Gasteiger partial charge < -0.3 is 4.74 Å². The summed E-state index contributed by atoms with van der Waals surface area (Å²) < 4.78 is 66.4. The van der Waals surface area contributed by atoms with E-state index >= 15 is 0 Å². The largest absolute Gasteiger partial charge is 0.449 e. The normalized spacial score (nSPS) is 12.0. The average molecular weight is 297 g/mol. The molecular formula is C10H10F3NO4S. The van der Waals surface area contributed by atoms with Gasteiger partial charge in [-0.05, 0) is 25.1 Å². The third kappa shape index (κ3) is 4.12. The minimum atomic E-state index is -4.67. The van der Waals surface area contributed by atoms with Crippen molar-refractivity contribution in [1.29, 1.82) is 0 Å². The predicted octanol–water partition coefficient (Wildman–Crippen LogP) is 2.14. The lowest BCUT2D eigenvalue weighted by Crippen LogP contribution is -2.31. The van der Waals surface area contributed by atoms with Crippen molar-refractivity contribution >= 4 is 16.1 Å². The molecule has 19 heavy (non-hydrogen) atoms. The topological polar surface area (TPSA) is 72.5 Å². The van der Waals surface area contributed by atoms with Gasteiger partial charge in [-0.15, -0.1) is 0 Å². The average Bonchev–Trinajstić information content (AvgIpc) is 2.27. The second-order valence-electron chi connectivity index (χ2n) is 3.35. The Hall–Kier alpha value is -1.77. The van der Waals surface area contributed by atoms with Gasteiger partial charge in [-0.25, -0.2) is 17.9 Å². The SMILES string of the molecule is CCOC(=O)NS(=O)(=O)c1cccc(C(F)(F)F)c1. The lowest BCUT2D eigenvalue weighted by atomic mass is 10.2. The molecule has 1 aromatic rings. The summed E-state index contributed by atoms with van der Waals surface area (Å²) in [6.07, 6.45) is -5.92. The molecule has 0 saturated carbocycles. The summed E-state index contributed by atoms with van der Waals surface area (Å²) in [5, 5.41) is 0. The van der Waals surface area contributed by atoms with Crippen LogP contribution < -0.4 is 4.72 Å². The van der Waals surface area contributed by atoms with Crippen molar-refractivity contribution < 1.29 is 31.1 Å². The van der Waals surface area contributed by atoms with E-state index in [2.05, 4.69) is 4.74 Å². The van der Waals surface area contributed by atoms with E-state index in [9.17, 15) is 26.4 Å². The van der Waals surface area contributed by atoms with E-state index in [1.807, 2.05) is 0 Å². The van der Waals surface area contributed by atoms with Crippen molar-refractivity contribution in [1.82, 2.24) is 4.72 Å². The molecule has 106 valence electrons. The van der Waals surface area contributed by atoms with Crippen LogP contribution in [0.5, 0.6) is 0 Å². The Labute approximate surface area is 107 Å². The maximum absolute atomic E-state index is 12.4. The number of carbonyl (C=O) groups is 1. The first-order chi connectivity index (χ1) is 8.66. The van der Waals surface area contributed by atoms with E-state index in [4.69, 9.17) is 0 Å². The molecule has 0 heterocycles. The highest BCUT2D eigenvalue weighted by molar-refractivity contribution is 7.90. The molecule has 9 heteroatoms.